The van der Waals surface area contributed by atoms with Crippen molar-refractivity contribution in [2.24, 2.45) is 5.73 Å². The molecule has 0 atom stereocenters. The monoisotopic (exact) mass is 616 g/mol. The molecule has 0 aliphatic rings. The predicted octanol–water partition coefficient (Wildman–Crippen LogP) is 11.6. The molecule has 3 nitrogen and oxygen atoms in total. The van der Waals surface area contributed by atoms with Gasteiger partial charge in [-0.25, -0.2) is 0 Å². The Morgan fingerprint density at radius 3 is 1.77 bits per heavy atom. The Morgan fingerprint density at radius 2 is 1.06 bits per heavy atom. The molecule has 3 N–H and O–H groups in total. The third-order valence-corrected chi connectivity index (χ3v) is 8.93. The lowest BCUT2D eigenvalue weighted by atomic mass is 9.90. The second kappa shape index (κ2) is 12.4. The summed E-state index contributed by atoms with van der Waals surface area (Å²) >= 11 is 0. The van der Waals surface area contributed by atoms with E-state index in [1.165, 1.54) is 16.7 Å². The van der Waals surface area contributed by atoms with E-state index in [0.717, 1.165) is 60.9 Å². The van der Waals surface area contributed by atoms with Crippen molar-refractivity contribution < 1.29 is 4.42 Å². The van der Waals surface area contributed by atoms with Gasteiger partial charge in [0, 0.05) is 22.0 Å². The first-order valence-corrected chi connectivity index (χ1v) is 16.0. The Labute approximate surface area is 279 Å². The number of nitrogens with two attached hydrogens (primary N) is 1. The van der Waals surface area contributed by atoms with Gasteiger partial charge < -0.3 is 15.6 Å². The molecule has 1 aromatic heterocycles. The third kappa shape index (κ3) is 5.48. The van der Waals surface area contributed by atoms with Gasteiger partial charge >= 0.3 is 0 Å². The maximum absolute atomic E-state index is 9.04. The molecule has 0 saturated carbocycles. The highest BCUT2D eigenvalue weighted by atomic mass is 16.3. The summed E-state index contributed by atoms with van der Waals surface area (Å²) in [6.45, 7) is 0. The fourth-order valence-corrected chi connectivity index (χ4v) is 6.48. The topological polar surface area (TPSA) is 63.0 Å². The van der Waals surface area contributed by atoms with E-state index in [-0.39, 0.29) is 0 Å². The zero-order valence-corrected chi connectivity index (χ0v) is 26.2. The van der Waals surface area contributed by atoms with Crippen LogP contribution in [0.25, 0.3) is 72.1 Å². The molecular weight excluding hydrogens is 585 g/mol. The van der Waals surface area contributed by atoms with Crippen LogP contribution in [0, 0.1) is 5.41 Å². The van der Waals surface area contributed by atoms with Crippen molar-refractivity contribution >= 4 is 33.3 Å². The van der Waals surface area contributed by atoms with Crippen molar-refractivity contribution in [3.05, 3.63) is 187 Å². The third-order valence-electron chi connectivity index (χ3n) is 8.93. The van der Waals surface area contributed by atoms with Gasteiger partial charge in [0.1, 0.15) is 11.2 Å². The minimum atomic E-state index is 0.336. The summed E-state index contributed by atoms with van der Waals surface area (Å²) in [4.78, 5) is 0. The number of hydrogen-bond acceptors (Lipinski definition) is 3. The first kappa shape index (κ1) is 29.0. The summed E-state index contributed by atoms with van der Waals surface area (Å²) in [5.74, 6) is 0. The van der Waals surface area contributed by atoms with Crippen LogP contribution in [0.3, 0.4) is 0 Å². The number of benzene rings is 7. The number of nitrogens with one attached hydrogen (secondary N) is 1. The number of hydrogen-bond donors (Lipinski definition) is 2. The average Bonchev–Trinajstić information content (AvgIpc) is 3.54. The van der Waals surface area contributed by atoms with E-state index >= 15 is 0 Å². The van der Waals surface area contributed by atoms with Gasteiger partial charge in [-0.2, -0.15) is 0 Å². The van der Waals surface area contributed by atoms with E-state index < -0.39 is 0 Å². The van der Waals surface area contributed by atoms with Crippen LogP contribution >= 0.6 is 0 Å². The molecule has 48 heavy (non-hydrogen) atoms. The van der Waals surface area contributed by atoms with Crippen molar-refractivity contribution in [2.75, 3.05) is 0 Å². The summed E-state index contributed by atoms with van der Waals surface area (Å²) in [6, 6.07) is 58.5. The zero-order chi connectivity index (χ0) is 32.5. The van der Waals surface area contributed by atoms with Crippen LogP contribution < -0.4 is 5.73 Å². The van der Waals surface area contributed by atoms with Gasteiger partial charge in [-0.3, -0.25) is 0 Å². The molecule has 0 saturated heterocycles. The van der Waals surface area contributed by atoms with Crippen LogP contribution in [-0.4, -0.2) is 5.71 Å². The molecule has 0 aliphatic carbocycles. The summed E-state index contributed by atoms with van der Waals surface area (Å²) in [6.07, 6.45) is 1.73. The van der Waals surface area contributed by atoms with Gasteiger partial charge in [-0.15, -0.1) is 0 Å². The summed E-state index contributed by atoms with van der Waals surface area (Å²) < 4.78 is 6.31. The number of allylic oxidation sites excluding steroid dienone is 1. The molecule has 3 heteroatoms. The molecule has 228 valence electrons. The minimum Gasteiger partial charge on any atom is -0.456 e. The fraction of sp³-hybridized carbons (Fsp3) is 0. The predicted molar refractivity (Wildman–Crippen MR) is 201 cm³/mol. The number of rotatable bonds is 7. The standard InChI is InChI=1S/C45H32N2O/c46-41(34-15-8-3-9-16-34)29-42(47)38-17-10-18-44-45(38)40-28-36(24-26-43(40)48-44)37-25-23-35(27-39(37)33-13-6-2-7-14-33)32-21-19-31(20-22-32)30-11-4-1-5-12-30/h1-29,47H,46H2/b41-29-,47-42?. The van der Waals surface area contributed by atoms with Crippen LogP contribution in [0.1, 0.15) is 11.1 Å². The molecule has 0 radical (unpaired) electrons. The smallest absolute Gasteiger partial charge is 0.136 e. The highest BCUT2D eigenvalue weighted by Crippen LogP contribution is 2.40. The van der Waals surface area contributed by atoms with Crippen molar-refractivity contribution in [3.63, 3.8) is 0 Å². The van der Waals surface area contributed by atoms with Crippen LogP contribution in [0.4, 0.5) is 0 Å². The quantitative estimate of drug-likeness (QED) is 0.175. The molecular formula is C45H32N2O. The second-order valence-corrected chi connectivity index (χ2v) is 11.9. The Kier molecular flexibility index (Phi) is 7.48. The lowest BCUT2D eigenvalue weighted by Crippen LogP contribution is -2.02. The molecule has 0 spiro atoms. The highest BCUT2D eigenvalue weighted by molar-refractivity contribution is 6.22. The minimum absolute atomic E-state index is 0.336. The summed E-state index contributed by atoms with van der Waals surface area (Å²) in [5.41, 5.74) is 19.7. The maximum atomic E-state index is 9.04. The molecule has 0 fully saturated rings. The van der Waals surface area contributed by atoms with Crippen LogP contribution in [0.15, 0.2) is 180 Å². The second-order valence-electron chi connectivity index (χ2n) is 11.9. The van der Waals surface area contributed by atoms with E-state index in [0.29, 0.717) is 11.4 Å². The lowest BCUT2D eigenvalue weighted by Gasteiger charge is -2.14. The van der Waals surface area contributed by atoms with Crippen LogP contribution in [0.2, 0.25) is 0 Å². The van der Waals surface area contributed by atoms with Gasteiger partial charge in [-0.05, 0) is 80.4 Å². The highest BCUT2D eigenvalue weighted by Gasteiger charge is 2.17. The molecule has 7 aromatic carbocycles. The average molecular weight is 617 g/mol. The van der Waals surface area contributed by atoms with E-state index in [1.54, 1.807) is 6.08 Å². The van der Waals surface area contributed by atoms with E-state index in [1.807, 2.05) is 60.7 Å². The van der Waals surface area contributed by atoms with Crippen molar-refractivity contribution in [2.45, 2.75) is 0 Å². The molecule has 0 amide bonds. The SMILES string of the molecule is N=C(/C=C(\N)c1ccccc1)c1cccc2oc3ccc(-c4ccc(-c5ccc(-c6ccccc6)cc5)cc4-c4ccccc4)cc3c12. The van der Waals surface area contributed by atoms with Crippen molar-refractivity contribution in [1.29, 1.82) is 5.41 Å². The van der Waals surface area contributed by atoms with Gasteiger partial charge in [0.25, 0.3) is 0 Å². The Hall–Kier alpha value is -6.45. The normalized spacial score (nSPS) is 11.6. The fourth-order valence-electron chi connectivity index (χ4n) is 6.48. The molecule has 1 heterocycles. The lowest BCUT2D eigenvalue weighted by molar-refractivity contribution is 0.669. The largest absolute Gasteiger partial charge is 0.456 e. The number of furan rings is 1. The van der Waals surface area contributed by atoms with Gasteiger partial charge in [0.2, 0.25) is 0 Å². The van der Waals surface area contributed by atoms with Crippen molar-refractivity contribution in [1.82, 2.24) is 0 Å². The first-order chi connectivity index (χ1) is 23.6. The Balaban J connectivity index is 1.23. The van der Waals surface area contributed by atoms with Gasteiger partial charge in [0.15, 0.2) is 0 Å². The van der Waals surface area contributed by atoms with E-state index in [9.17, 15) is 0 Å². The van der Waals surface area contributed by atoms with Crippen LogP contribution in [-0.2, 0) is 0 Å². The Morgan fingerprint density at radius 1 is 0.479 bits per heavy atom. The summed E-state index contributed by atoms with van der Waals surface area (Å²) in [5, 5.41) is 10.9. The molecule has 0 aliphatic heterocycles. The van der Waals surface area contributed by atoms with E-state index in [4.69, 9.17) is 15.6 Å². The molecule has 8 rings (SSSR count). The Bertz CT molecular complexity index is 2440. The van der Waals surface area contributed by atoms with Gasteiger partial charge in [-0.1, -0.05) is 146 Å². The summed E-state index contributed by atoms with van der Waals surface area (Å²) in [7, 11) is 0. The van der Waals surface area contributed by atoms with Crippen molar-refractivity contribution in [3.8, 4) is 44.5 Å². The molecule has 0 bridgehead atoms. The molecule has 0 unspecified atom stereocenters. The van der Waals surface area contributed by atoms with Gasteiger partial charge in [0.05, 0.1) is 5.71 Å². The maximum Gasteiger partial charge on any atom is 0.136 e. The zero-order valence-electron chi connectivity index (χ0n) is 26.2. The number of fused-ring (bicyclic) bond motifs is 3. The molecule has 8 aromatic rings. The van der Waals surface area contributed by atoms with E-state index in [2.05, 4.69) is 109 Å². The first-order valence-electron chi connectivity index (χ1n) is 16.0. The van der Waals surface area contributed by atoms with Crippen LogP contribution in [0.5, 0.6) is 0 Å².